The summed E-state index contributed by atoms with van der Waals surface area (Å²) in [6.07, 6.45) is 6.75. The Morgan fingerprint density at radius 1 is 1.12 bits per heavy atom. The third-order valence-electron chi connectivity index (χ3n) is 8.17. The highest BCUT2D eigenvalue weighted by Crippen LogP contribution is 2.28. The van der Waals surface area contributed by atoms with Crippen molar-refractivity contribution in [2.24, 2.45) is 29.2 Å². The van der Waals surface area contributed by atoms with Crippen LogP contribution in [0.1, 0.15) is 52.4 Å². The Hall–Kier alpha value is -0.810. The van der Waals surface area contributed by atoms with E-state index in [4.69, 9.17) is 11.5 Å². The molecule has 0 bridgehead atoms. The molecule has 4 aliphatic heterocycles. The van der Waals surface area contributed by atoms with Gasteiger partial charge >= 0.3 is 0 Å². The van der Waals surface area contributed by atoms with Crippen LogP contribution in [0.5, 0.6) is 0 Å². The van der Waals surface area contributed by atoms with Gasteiger partial charge in [0.25, 0.3) is 0 Å². The molecule has 184 valence electrons. The van der Waals surface area contributed by atoms with Crippen molar-refractivity contribution in [2.75, 3.05) is 32.7 Å². The molecule has 4 fully saturated rings. The third-order valence-corrected chi connectivity index (χ3v) is 8.17. The van der Waals surface area contributed by atoms with Crippen LogP contribution >= 0.6 is 0 Å². The highest BCUT2D eigenvalue weighted by molar-refractivity contribution is 5.77. The maximum Gasteiger partial charge on any atom is 0.224 e. The summed E-state index contributed by atoms with van der Waals surface area (Å²) in [6.45, 7) is 9.34. The van der Waals surface area contributed by atoms with Gasteiger partial charge in [0, 0.05) is 43.8 Å². The van der Waals surface area contributed by atoms with Crippen LogP contribution in [0.3, 0.4) is 0 Å². The largest absolute Gasteiger partial charge is 0.369 e. The number of hydrogen-bond acceptors (Lipinski definition) is 8. The summed E-state index contributed by atoms with van der Waals surface area (Å²) in [4.78, 5) is 14.6. The van der Waals surface area contributed by atoms with Crippen molar-refractivity contribution in [3.05, 3.63) is 0 Å². The zero-order valence-electron chi connectivity index (χ0n) is 20.0. The van der Waals surface area contributed by atoms with Crippen molar-refractivity contribution in [1.82, 2.24) is 31.5 Å². The van der Waals surface area contributed by atoms with E-state index >= 15 is 0 Å². The van der Waals surface area contributed by atoms with Gasteiger partial charge in [0.15, 0.2) is 0 Å². The van der Waals surface area contributed by atoms with Crippen molar-refractivity contribution in [2.45, 2.75) is 89.0 Å². The van der Waals surface area contributed by atoms with Gasteiger partial charge in [-0.05, 0) is 63.5 Å². The van der Waals surface area contributed by atoms with E-state index in [1.165, 1.54) is 12.8 Å². The van der Waals surface area contributed by atoms with Gasteiger partial charge < -0.3 is 22.1 Å². The molecule has 4 saturated heterocycles. The second kappa shape index (κ2) is 11.1. The SMILES string of the molecule is CC(C)C1CC(NC2NC(N3CCC[C@H](N)C3)NCC2C(N)=O)CC(C2CCNCC2)N1. The highest BCUT2D eigenvalue weighted by atomic mass is 16.1. The lowest BCUT2D eigenvalue weighted by molar-refractivity contribution is -0.124. The monoisotopic (exact) mass is 450 g/mol. The molecule has 32 heavy (non-hydrogen) atoms. The summed E-state index contributed by atoms with van der Waals surface area (Å²) in [7, 11) is 0. The lowest BCUT2D eigenvalue weighted by Gasteiger charge is -2.48. The molecule has 0 aliphatic carbocycles. The Labute approximate surface area is 193 Å². The van der Waals surface area contributed by atoms with E-state index in [1.807, 2.05) is 0 Å². The average Bonchev–Trinajstić information content (AvgIpc) is 2.79. The molecule has 0 saturated carbocycles. The summed E-state index contributed by atoms with van der Waals surface area (Å²) < 4.78 is 0. The second-order valence-corrected chi connectivity index (χ2v) is 10.9. The molecule has 6 unspecified atom stereocenters. The van der Waals surface area contributed by atoms with Crippen LogP contribution in [0, 0.1) is 17.8 Å². The molecular weight excluding hydrogens is 404 g/mol. The molecule has 0 aromatic rings. The number of primary amides is 1. The summed E-state index contributed by atoms with van der Waals surface area (Å²) in [5.41, 5.74) is 12.0. The summed E-state index contributed by atoms with van der Waals surface area (Å²) in [5.74, 6) is 0.784. The molecule has 4 aliphatic rings. The topological polar surface area (TPSA) is 132 Å². The molecule has 9 heteroatoms. The first-order valence-corrected chi connectivity index (χ1v) is 12.9. The smallest absolute Gasteiger partial charge is 0.224 e. The number of piperidine rings is 3. The average molecular weight is 451 g/mol. The molecule has 0 radical (unpaired) electrons. The molecule has 1 amide bonds. The van der Waals surface area contributed by atoms with E-state index in [0.29, 0.717) is 30.6 Å². The maximum atomic E-state index is 12.3. The predicted octanol–water partition coefficient (Wildman–Crippen LogP) is -0.952. The van der Waals surface area contributed by atoms with Gasteiger partial charge in [-0.2, -0.15) is 0 Å². The van der Waals surface area contributed by atoms with Crippen molar-refractivity contribution in [3.63, 3.8) is 0 Å². The van der Waals surface area contributed by atoms with Gasteiger partial charge in [-0.3, -0.25) is 25.6 Å². The third kappa shape index (κ3) is 6.00. The number of nitrogens with one attached hydrogen (secondary N) is 5. The number of carbonyl (C=O) groups is 1. The zero-order valence-corrected chi connectivity index (χ0v) is 20.0. The zero-order chi connectivity index (χ0) is 22.7. The summed E-state index contributed by atoms with van der Waals surface area (Å²) >= 11 is 0. The van der Waals surface area contributed by atoms with Crippen LogP contribution in [0.4, 0.5) is 0 Å². The van der Waals surface area contributed by atoms with Gasteiger partial charge in [0.1, 0.15) is 6.29 Å². The van der Waals surface area contributed by atoms with E-state index < -0.39 is 0 Å². The quantitative estimate of drug-likeness (QED) is 0.276. The van der Waals surface area contributed by atoms with Crippen LogP contribution in [-0.4, -0.2) is 80.2 Å². The lowest BCUT2D eigenvalue weighted by Crippen LogP contribution is -2.72. The summed E-state index contributed by atoms with van der Waals surface area (Å²) in [5, 5.41) is 18.5. The predicted molar refractivity (Wildman–Crippen MR) is 127 cm³/mol. The normalized spacial score (nSPS) is 40.4. The minimum absolute atomic E-state index is 0.0253. The standard InChI is InChI=1S/C23H46N8O/c1-14(2)19-10-17(11-20(29-19)15-5-7-26-8-6-15)28-22-18(21(25)32)12-27-23(30-22)31-9-3-4-16(24)13-31/h14-20,22-23,26-30H,3-13,24H2,1-2H3,(H2,25,32)/t16-,17?,18?,19?,20?,22?,23?/m0/s1. The number of nitrogens with two attached hydrogens (primary N) is 2. The van der Waals surface area contributed by atoms with Gasteiger partial charge in [-0.25, -0.2) is 0 Å². The number of amides is 1. The van der Waals surface area contributed by atoms with E-state index in [9.17, 15) is 4.79 Å². The van der Waals surface area contributed by atoms with Gasteiger partial charge in [-0.15, -0.1) is 0 Å². The number of rotatable bonds is 6. The van der Waals surface area contributed by atoms with Crippen molar-refractivity contribution in [1.29, 1.82) is 0 Å². The Balaban J connectivity index is 1.43. The minimum Gasteiger partial charge on any atom is -0.369 e. The Bertz CT molecular complexity index is 613. The van der Waals surface area contributed by atoms with E-state index in [0.717, 1.165) is 57.8 Å². The van der Waals surface area contributed by atoms with Gasteiger partial charge in [-0.1, -0.05) is 13.8 Å². The van der Waals surface area contributed by atoms with Crippen LogP contribution in [0.25, 0.3) is 0 Å². The molecule has 0 spiro atoms. The van der Waals surface area contributed by atoms with Crippen LogP contribution in [-0.2, 0) is 4.79 Å². The molecule has 9 N–H and O–H groups in total. The molecule has 9 nitrogen and oxygen atoms in total. The molecule has 4 heterocycles. The molecule has 7 atom stereocenters. The first-order chi connectivity index (χ1) is 15.4. The van der Waals surface area contributed by atoms with Crippen molar-refractivity contribution < 1.29 is 4.79 Å². The Morgan fingerprint density at radius 2 is 1.91 bits per heavy atom. The van der Waals surface area contributed by atoms with Crippen molar-refractivity contribution >= 4 is 5.91 Å². The minimum atomic E-state index is -0.269. The van der Waals surface area contributed by atoms with Gasteiger partial charge in [0.2, 0.25) is 5.91 Å². The Morgan fingerprint density at radius 3 is 2.59 bits per heavy atom. The van der Waals surface area contributed by atoms with E-state index in [-0.39, 0.29) is 30.3 Å². The van der Waals surface area contributed by atoms with Crippen molar-refractivity contribution in [3.8, 4) is 0 Å². The maximum absolute atomic E-state index is 12.3. The molecule has 0 aromatic heterocycles. The van der Waals surface area contributed by atoms with Crippen LogP contribution in [0.2, 0.25) is 0 Å². The fraction of sp³-hybridized carbons (Fsp3) is 0.957. The molecule has 4 rings (SSSR count). The van der Waals surface area contributed by atoms with Gasteiger partial charge in [0.05, 0.1) is 12.1 Å². The number of hydrogen-bond donors (Lipinski definition) is 7. The second-order valence-electron chi connectivity index (χ2n) is 10.9. The lowest BCUT2D eigenvalue weighted by atomic mass is 9.79. The number of carbonyl (C=O) groups excluding carboxylic acids is 1. The Kier molecular flexibility index (Phi) is 8.42. The van der Waals surface area contributed by atoms with Crippen LogP contribution < -0.4 is 38.1 Å². The fourth-order valence-corrected chi connectivity index (χ4v) is 6.19. The van der Waals surface area contributed by atoms with Crippen LogP contribution in [0.15, 0.2) is 0 Å². The summed E-state index contributed by atoms with van der Waals surface area (Å²) in [6, 6.07) is 1.60. The first-order valence-electron chi connectivity index (χ1n) is 12.9. The molecular formula is C23H46N8O. The molecule has 0 aromatic carbocycles. The number of nitrogens with zero attached hydrogens (tertiary/aromatic N) is 1. The first kappa shape index (κ1) is 24.3. The number of likely N-dealkylation sites (tertiary alicyclic amines) is 1. The fourth-order valence-electron chi connectivity index (χ4n) is 6.19. The highest BCUT2D eigenvalue weighted by Gasteiger charge is 2.40. The van der Waals surface area contributed by atoms with E-state index in [2.05, 4.69) is 45.3 Å². The van der Waals surface area contributed by atoms with E-state index in [1.54, 1.807) is 0 Å².